The molecule has 5 nitrogen and oxygen atoms in total. The number of rotatable bonds is 5. The topological polar surface area (TPSA) is 76.2 Å². The number of halogens is 1. The lowest BCUT2D eigenvalue weighted by Gasteiger charge is -1.98. The molecule has 0 saturated carbocycles. The van der Waals surface area contributed by atoms with Gasteiger partial charge in [0.25, 0.3) is 0 Å². The van der Waals surface area contributed by atoms with Crippen LogP contribution in [0, 0.1) is 5.82 Å². The number of benzene rings is 1. The molecule has 0 aliphatic carbocycles. The fourth-order valence-electron chi connectivity index (χ4n) is 1.53. The highest BCUT2D eigenvalue weighted by Crippen LogP contribution is 2.08. The second-order valence-electron chi connectivity index (χ2n) is 3.79. The van der Waals surface area contributed by atoms with Crippen molar-refractivity contribution in [2.24, 2.45) is 0 Å². The van der Waals surface area contributed by atoms with E-state index in [0.29, 0.717) is 18.7 Å². The standard InChI is InChI=1S/C12H11FN2O3/c13-9-3-1-2-8(6-9)4-5-10-14-15-11(18-10)7-12(16)17/h1-3,6H,4-5,7H2,(H,16,17). The molecule has 1 heterocycles. The molecule has 2 rings (SSSR count). The van der Waals surface area contributed by atoms with E-state index in [1.807, 2.05) is 0 Å². The van der Waals surface area contributed by atoms with E-state index in [0.717, 1.165) is 5.56 Å². The van der Waals surface area contributed by atoms with E-state index in [1.165, 1.54) is 12.1 Å². The Balaban J connectivity index is 1.94. The monoisotopic (exact) mass is 250 g/mol. The van der Waals surface area contributed by atoms with Gasteiger partial charge in [-0.25, -0.2) is 4.39 Å². The van der Waals surface area contributed by atoms with Crippen molar-refractivity contribution in [1.82, 2.24) is 10.2 Å². The van der Waals surface area contributed by atoms with Gasteiger partial charge in [-0.05, 0) is 24.1 Å². The van der Waals surface area contributed by atoms with Gasteiger partial charge in [-0.15, -0.1) is 10.2 Å². The van der Waals surface area contributed by atoms with Crippen LogP contribution in [0.5, 0.6) is 0 Å². The molecule has 18 heavy (non-hydrogen) atoms. The van der Waals surface area contributed by atoms with E-state index in [4.69, 9.17) is 9.52 Å². The van der Waals surface area contributed by atoms with E-state index in [2.05, 4.69) is 10.2 Å². The van der Waals surface area contributed by atoms with E-state index in [1.54, 1.807) is 12.1 Å². The second kappa shape index (κ2) is 5.39. The van der Waals surface area contributed by atoms with Crippen LogP contribution in [0.25, 0.3) is 0 Å². The van der Waals surface area contributed by atoms with Crippen LogP contribution >= 0.6 is 0 Å². The molecule has 2 aromatic rings. The zero-order valence-electron chi connectivity index (χ0n) is 9.47. The zero-order valence-corrected chi connectivity index (χ0v) is 9.47. The van der Waals surface area contributed by atoms with Gasteiger partial charge in [-0.1, -0.05) is 12.1 Å². The Morgan fingerprint density at radius 2 is 2.06 bits per heavy atom. The molecule has 1 N–H and O–H groups in total. The molecule has 0 atom stereocenters. The van der Waals surface area contributed by atoms with Gasteiger partial charge < -0.3 is 9.52 Å². The molecule has 0 spiro atoms. The van der Waals surface area contributed by atoms with Crippen molar-refractivity contribution < 1.29 is 18.7 Å². The highest BCUT2D eigenvalue weighted by Gasteiger charge is 2.09. The third-order valence-electron chi connectivity index (χ3n) is 2.33. The molecule has 0 aliphatic rings. The number of aromatic nitrogens is 2. The predicted octanol–water partition coefficient (Wildman–Crippen LogP) is 1.62. The molecule has 6 heteroatoms. The zero-order chi connectivity index (χ0) is 13.0. The lowest BCUT2D eigenvalue weighted by molar-refractivity contribution is -0.136. The summed E-state index contributed by atoms with van der Waals surface area (Å²) in [5.41, 5.74) is 0.827. The third kappa shape index (κ3) is 3.38. The summed E-state index contributed by atoms with van der Waals surface area (Å²) in [7, 11) is 0. The number of aliphatic carboxylic acids is 1. The van der Waals surface area contributed by atoms with Crippen LogP contribution in [0.4, 0.5) is 4.39 Å². The summed E-state index contributed by atoms with van der Waals surface area (Å²) in [6, 6.07) is 6.25. The Kier molecular flexibility index (Phi) is 3.66. The van der Waals surface area contributed by atoms with Gasteiger partial charge in [-0.3, -0.25) is 4.79 Å². The maximum absolute atomic E-state index is 12.9. The Bertz CT molecular complexity index is 554. The van der Waals surface area contributed by atoms with Crippen molar-refractivity contribution >= 4 is 5.97 Å². The average Bonchev–Trinajstić information content (AvgIpc) is 2.73. The Morgan fingerprint density at radius 1 is 1.28 bits per heavy atom. The highest BCUT2D eigenvalue weighted by atomic mass is 19.1. The summed E-state index contributed by atoms with van der Waals surface area (Å²) in [6.45, 7) is 0. The van der Waals surface area contributed by atoms with Crippen molar-refractivity contribution in [3.63, 3.8) is 0 Å². The Labute approximate surface area is 102 Å². The van der Waals surface area contributed by atoms with Crippen LogP contribution in [0.1, 0.15) is 17.3 Å². The number of aryl methyl sites for hydroxylation is 2. The van der Waals surface area contributed by atoms with E-state index in [9.17, 15) is 9.18 Å². The Hall–Kier alpha value is -2.24. The third-order valence-corrected chi connectivity index (χ3v) is 2.33. The van der Waals surface area contributed by atoms with Crippen molar-refractivity contribution in [3.8, 4) is 0 Å². The first kappa shape index (κ1) is 12.2. The van der Waals surface area contributed by atoms with Gasteiger partial charge in [-0.2, -0.15) is 0 Å². The average molecular weight is 250 g/mol. The maximum atomic E-state index is 12.9. The summed E-state index contributed by atoms with van der Waals surface area (Å²) in [6.07, 6.45) is 0.732. The fourth-order valence-corrected chi connectivity index (χ4v) is 1.53. The summed E-state index contributed by atoms with van der Waals surface area (Å²) in [5, 5.41) is 15.9. The molecule has 1 aromatic carbocycles. The lowest BCUT2D eigenvalue weighted by atomic mass is 10.1. The number of carbonyl (C=O) groups is 1. The van der Waals surface area contributed by atoms with Gasteiger partial charge >= 0.3 is 5.97 Å². The first-order valence-electron chi connectivity index (χ1n) is 5.41. The summed E-state index contributed by atoms with van der Waals surface area (Å²) in [4.78, 5) is 10.4. The minimum Gasteiger partial charge on any atom is -0.481 e. The molecule has 0 fully saturated rings. The largest absolute Gasteiger partial charge is 0.481 e. The maximum Gasteiger partial charge on any atom is 0.312 e. The Morgan fingerprint density at radius 3 is 2.78 bits per heavy atom. The molecule has 0 unspecified atom stereocenters. The smallest absolute Gasteiger partial charge is 0.312 e. The van der Waals surface area contributed by atoms with E-state index in [-0.39, 0.29) is 18.1 Å². The SMILES string of the molecule is O=C(O)Cc1nnc(CCc2cccc(F)c2)o1. The molecule has 0 amide bonds. The minimum atomic E-state index is -1.02. The van der Waals surface area contributed by atoms with Crippen molar-refractivity contribution in [2.75, 3.05) is 0 Å². The minimum absolute atomic E-state index is 0.0803. The quantitative estimate of drug-likeness (QED) is 0.872. The van der Waals surface area contributed by atoms with Crippen LogP contribution in [0.15, 0.2) is 28.7 Å². The van der Waals surface area contributed by atoms with Crippen LogP contribution in [0.3, 0.4) is 0 Å². The predicted molar refractivity (Wildman–Crippen MR) is 59.4 cm³/mol. The van der Waals surface area contributed by atoms with Crippen LogP contribution < -0.4 is 0 Å². The first-order valence-corrected chi connectivity index (χ1v) is 5.41. The molecule has 0 radical (unpaired) electrons. The molecule has 0 saturated heterocycles. The molecule has 0 aliphatic heterocycles. The van der Waals surface area contributed by atoms with Crippen LogP contribution in [0.2, 0.25) is 0 Å². The fraction of sp³-hybridized carbons (Fsp3) is 0.250. The van der Waals surface area contributed by atoms with Crippen molar-refractivity contribution in [1.29, 1.82) is 0 Å². The highest BCUT2D eigenvalue weighted by molar-refractivity contribution is 5.68. The first-order chi connectivity index (χ1) is 8.63. The number of carboxylic acids is 1. The number of hydrogen-bond donors (Lipinski definition) is 1. The van der Waals surface area contributed by atoms with E-state index >= 15 is 0 Å². The van der Waals surface area contributed by atoms with Crippen LogP contribution in [-0.2, 0) is 24.1 Å². The van der Waals surface area contributed by atoms with Gasteiger partial charge in [0.05, 0.1) is 0 Å². The number of nitrogens with zero attached hydrogens (tertiary/aromatic N) is 2. The van der Waals surface area contributed by atoms with Crippen molar-refractivity contribution in [3.05, 3.63) is 47.4 Å². The number of carboxylic acid groups (broad SMARTS) is 1. The number of hydrogen-bond acceptors (Lipinski definition) is 4. The molecule has 0 bridgehead atoms. The molecule has 1 aromatic heterocycles. The van der Waals surface area contributed by atoms with Gasteiger partial charge in [0.1, 0.15) is 12.2 Å². The summed E-state index contributed by atoms with van der Waals surface area (Å²) in [5.74, 6) is -0.868. The molecular weight excluding hydrogens is 239 g/mol. The lowest BCUT2D eigenvalue weighted by Crippen LogP contribution is -1.99. The molecular formula is C12H11FN2O3. The van der Waals surface area contributed by atoms with Gasteiger partial charge in [0.15, 0.2) is 0 Å². The molecule has 94 valence electrons. The van der Waals surface area contributed by atoms with E-state index < -0.39 is 5.97 Å². The summed E-state index contributed by atoms with van der Waals surface area (Å²) < 4.78 is 18.1. The van der Waals surface area contributed by atoms with Gasteiger partial charge in [0, 0.05) is 6.42 Å². The van der Waals surface area contributed by atoms with Crippen molar-refractivity contribution in [2.45, 2.75) is 19.3 Å². The second-order valence-corrected chi connectivity index (χ2v) is 3.79. The van der Waals surface area contributed by atoms with Gasteiger partial charge in [0.2, 0.25) is 11.8 Å². The van der Waals surface area contributed by atoms with Crippen LogP contribution in [-0.4, -0.2) is 21.3 Å². The summed E-state index contributed by atoms with van der Waals surface area (Å²) >= 11 is 0. The normalized spacial score (nSPS) is 10.5.